The number of anilines is 1. The molecule has 3 aromatic rings. The van der Waals surface area contributed by atoms with Crippen LogP contribution in [0.3, 0.4) is 0 Å². The molecular weight excluding hydrogens is 378 g/mol. The Morgan fingerprint density at radius 2 is 1.50 bits per heavy atom. The van der Waals surface area contributed by atoms with Crippen molar-refractivity contribution in [3.05, 3.63) is 84.4 Å². The highest BCUT2D eigenvalue weighted by Gasteiger charge is 2.21. The average Bonchev–Trinajstić information content (AvgIpc) is 2.69. The second-order valence-electron chi connectivity index (χ2n) is 6.03. The van der Waals surface area contributed by atoms with Crippen molar-refractivity contribution in [2.24, 2.45) is 11.0 Å². The van der Waals surface area contributed by atoms with Gasteiger partial charge in [-0.1, -0.05) is 60.7 Å². The smallest absolute Gasteiger partial charge is 0.260 e. The minimum Gasteiger partial charge on any atom is -0.323 e. The number of nitrogens with two attached hydrogens (primary N) is 2. The van der Waals surface area contributed by atoms with Crippen molar-refractivity contribution in [3.8, 4) is 11.1 Å². The maximum atomic E-state index is 12.5. The van der Waals surface area contributed by atoms with Gasteiger partial charge in [0, 0.05) is 11.3 Å². The van der Waals surface area contributed by atoms with E-state index < -0.39 is 22.0 Å². The molecule has 0 fully saturated rings. The van der Waals surface area contributed by atoms with Gasteiger partial charge in [-0.15, -0.1) is 0 Å². The molecule has 1 unspecified atom stereocenters. The number of hydrogen-bond acceptors (Lipinski definition) is 5. The van der Waals surface area contributed by atoms with Crippen LogP contribution in [-0.4, -0.2) is 14.3 Å². The van der Waals surface area contributed by atoms with E-state index in [1.54, 1.807) is 66.7 Å². The monoisotopic (exact) mass is 397 g/mol. The molecule has 3 aromatic carbocycles. The second kappa shape index (κ2) is 8.32. The fraction of sp³-hybridized carbons (Fsp3) is 0.0500. The third kappa shape index (κ3) is 4.44. The van der Waals surface area contributed by atoms with Crippen LogP contribution in [0.2, 0.25) is 0 Å². The summed E-state index contributed by atoms with van der Waals surface area (Å²) in [5.74, 6) is 4.86. The molecule has 5 N–H and O–H groups in total. The number of nitrogens with one attached hydrogen (secondary N) is 1. The Labute approximate surface area is 162 Å². The van der Waals surface area contributed by atoms with Crippen molar-refractivity contribution in [1.82, 2.24) is 0 Å². The first-order chi connectivity index (χ1) is 13.4. The molecule has 0 aliphatic heterocycles. The Hall–Kier alpha value is -3.04. The van der Waals surface area contributed by atoms with Gasteiger partial charge in [0.1, 0.15) is 0 Å². The average molecular weight is 397 g/mol. The summed E-state index contributed by atoms with van der Waals surface area (Å²) in [6.45, 7) is 0. The highest BCUT2D eigenvalue weighted by molar-refractivity contribution is 7.89. The molecule has 7 nitrogen and oxygen atoms in total. The molecule has 0 saturated heterocycles. The van der Waals surface area contributed by atoms with Gasteiger partial charge in [-0.05, 0) is 29.3 Å². The van der Waals surface area contributed by atoms with E-state index in [2.05, 4.69) is 5.32 Å². The van der Waals surface area contributed by atoms with Gasteiger partial charge in [0.05, 0.1) is 4.90 Å². The van der Waals surface area contributed by atoms with Gasteiger partial charge < -0.3 is 5.32 Å². The number of sulfonamides is 1. The molecule has 3 rings (SSSR count). The fourth-order valence-electron chi connectivity index (χ4n) is 2.81. The predicted molar refractivity (Wildman–Crippen MR) is 106 cm³/mol. The maximum Gasteiger partial charge on any atom is 0.260 e. The van der Waals surface area contributed by atoms with Crippen molar-refractivity contribution in [1.29, 1.82) is 0 Å². The van der Waals surface area contributed by atoms with Gasteiger partial charge in [-0.3, -0.25) is 9.63 Å². The van der Waals surface area contributed by atoms with E-state index in [-0.39, 0.29) is 4.90 Å². The van der Waals surface area contributed by atoms with Crippen LogP contribution in [-0.2, 0) is 19.7 Å². The highest BCUT2D eigenvalue weighted by atomic mass is 32.2. The van der Waals surface area contributed by atoms with Crippen LogP contribution in [0.5, 0.6) is 0 Å². The summed E-state index contributed by atoms with van der Waals surface area (Å²) in [6, 6.07) is 22.0. The van der Waals surface area contributed by atoms with Crippen LogP contribution in [0.1, 0.15) is 11.7 Å². The Morgan fingerprint density at radius 1 is 0.893 bits per heavy atom. The molecule has 1 atom stereocenters. The summed E-state index contributed by atoms with van der Waals surface area (Å²) in [7, 11) is -3.86. The topological polar surface area (TPSA) is 125 Å². The van der Waals surface area contributed by atoms with Crippen LogP contribution in [0, 0.1) is 0 Å². The lowest BCUT2D eigenvalue weighted by Gasteiger charge is -2.15. The zero-order chi connectivity index (χ0) is 20.1. The molecule has 0 heterocycles. The molecule has 1 amide bonds. The molecule has 0 bridgehead atoms. The summed E-state index contributed by atoms with van der Waals surface area (Å²) in [5, 5.41) is 8.01. The van der Waals surface area contributed by atoms with Crippen molar-refractivity contribution in [2.45, 2.75) is 11.0 Å². The van der Waals surface area contributed by atoms with E-state index >= 15 is 0 Å². The number of amides is 1. The van der Waals surface area contributed by atoms with Crippen LogP contribution in [0.4, 0.5) is 5.69 Å². The van der Waals surface area contributed by atoms with E-state index in [9.17, 15) is 13.2 Å². The SMILES string of the molecule is NOC(C(=O)Nc1ccc(-c2ccccc2S(N)(=O)=O)cc1)c1ccccc1. The van der Waals surface area contributed by atoms with Gasteiger partial charge in [0.25, 0.3) is 5.91 Å². The van der Waals surface area contributed by atoms with Crippen LogP contribution in [0.15, 0.2) is 83.8 Å². The lowest BCUT2D eigenvalue weighted by molar-refractivity contribution is -0.128. The van der Waals surface area contributed by atoms with Crippen molar-refractivity contribution < 1.29 is 18.0 Å². The lowest BCUT2D eigenvalue weighted by Crippen LogP contribution is -2.25. The number of primary sulfonamides is 1. The van der Waals surface area contributed by atoms with Crippen LogP contribution in [0.25, 0.3) is 11.1 Å². The third-order valence-electron chi connectivity index (χ3n) is 4.13. The van der Waals surface area contributed by atoms with E-state index in [1.165, 1.54) is 6.07 Å². The predicted octanol–water partition coefficient (Wildman–Crippen LogP) is 2.57. The molecule has 0 aliphatic rings. The van der Waals surface area contributed by atoms with Crippen molar-refractivity contribution in [2.75, 3.05) is 5.32 Å². The number of rotatable bonds is 6. The molecule has 0 aromatic heterocycles. The lowest BCUT2D eigenvalue weighted by atomic mass is 10.1. The number of carbonyl (C=O) groups is 1. The summed E-state index contributed by atoms with van der Waals surface area (Å²) in [4.78, 5) is 17.3. The zero-order valence-corrected chi connectivity index (χ0v) is 15.6. The Balaban J connectivity index is 1.82. The van der Waals surface area contributed by atoms with E-state index in [4.69, 9.17) is 15.9 Å². The van der Waals surface area contributed by atoms with Crippen molar-refractivity contribution in [3.63, 3.8) is 0 Å². The molecule has 0 aliphatic carbocycles. The van der Waals surface area contributed by atoms with Crippen molar-refractivity contribution >= 4 is 21.6 Å². The van der Waals surface area contributed by atoms with E-state index in [0.29, 0.717) is 22.4 Å². The number of benzene rings is 3. The summed E-state index contributed by atoms with van der Waals surface area (Å²) in [6.07, 6.45) is -0.955. The van der Waals surface area contributed by atoms with E-state index in [1.807, 2.05) is 6.07 Å². The molecule has 8 heteroatoms. The summed E-state index contributed by atoms with van der Waals surface area (Å²) >= 11 is 0. The quantitative estimate of drug-likeness (QED) is 0.551. The first-order valence-electron chi connectivity index (χ1n) is 8.34. The van der Waals surface area contributed by atoms with Gasteiger partial charge in [0.2, 0.25) is 10.0 Å². The molecule has 0 saturated carbocycles. The minimum atomic E-state index is -3.86. The summed E-state index contributed by atoms with van der Waals surface area (Å²) < 4.78 is 23.6. The molecule has 28 heavy (non-hydrogen) atoms. The largest absolute Gasteiger partial charge is 0.323 e. The zero-order valence-electron chi connectivity index (χ0n) is 14.8. The standard InChI is InChI=1S/C20H19N3O4S/c21-27-19(15-6-2-1-3-7-15)20(24)23-16-12-10-14(11-13-16)17-8-4-5-9-18(17)28(22,25)26/h1-13,19H,21H2,(H,23,24)(H2,22,25,26). The van der Waals surface area contributed by atoms with Gasteiger partial charge in [0.15, 0.2) is 6.10 Å². The first-order valence-corrected chi connectivity index (χ1v) is 9.88. The van der Waals surface area contributed by atoms with E-state index in [0.717, 1.165) is 0 Å². The minimum absolute atomic E-state index is 0.0347. The number of hydrogen-bond donors (Lipinski definition) is 3. The van der Waals surface area contributed by atoms with Crippen LogP contribution >= 0.6 is 0 Å². The Bertz CT molecular complexity index is 1070. The first kappa shape index (κ1) is 19.7. The maximum absolute atomic E-state index is 12.5. The second-order valence-corrected chi connectivity index (χ2v) is 7.56. The Kier molecular flexibility index (Phi) is 5.86. The fourth-order valence-corrected chi connectivity index (χ4v) is 3.57. The van der Waals surface area contributed by atoms with Gasteiger partial charge in [-0.25, -0.2) is 19.5 Å². The molecular formula is C20H19N3O4S. The van der Waals surface area contributed by atoms with Gasteiger partial charge in [-0.2, -0.15) is 0 Å². The molecule has 0 spiro atoms. The third-order valence-corrected chi connectivity index (χ3v) is 5.10. The van der Waals surface area contributed by atoms with Crippen LogP contribution < -0.4 is 16.4 Å². The Morgan fingerprint density at radius 3 is 2.11 bits per heavy atom. The normalized spacial score (nSPS) is 12.4. The summed E-state index contributed by atoms with van der Waals surface area (Å²) in [5.41, 5.74) is 2.27. The van der Waals surface area contributed by atoms with Gasteiger partial charge >= 0.3 is 0 Å². The number of carbonyl (C=O) groups excluding carboxylic acids is 1. The highest BCUT2D eigenvalue weighted by Crippen LogP contribution is 2.28. The molecule has 0 radical (unpaired) electrons. The molecule has 144 valence electrons.